The molecule has 0 aliphatic carbocycles. The number of carbonyl (C=O) groups excluding carboxylic acids is 1. The van der Waals surface area contributed by atoms with Crippen molar-refractivity contribution in [3.63, 3.8) is 0 Å². The first-order valence-electron chi connectivity index (χ1n) is 6.52. The van der Waals surface area contributed by atoms with E-state index in [9.17, 15) is 15.2 Å². The van der Waals surface area contributed by atoms with Crippen LogP contribution >= 0.6 is 0 Å². The SMILES string of the molecule is CCN(C(=O)/C(C#N)=C/c1ccc(O)cc1)C(C)(C)C. The van der Waals surface area contributed by atoms with Gasteiger partial charge in [0.05, 0.1) is 0 Å². The fraction of sp³-hybridized carbons (Fsp3) is 0.375. The maximum absolute atomic E-state index is 12.4. The summed E-state index contributed by atoms with van der Waals surface area (Å²) in [5, 5.41) is 18.4. The number of amides is 1. The predicted molar refractivity (Wildman–Crippen MR) is 78.8 cm³/mol. The lowest BCUT2D eigenvalue weighted by atomic mass is 10.0. The fourth-order valence-electron chi connectivity index (χ4n) is 1.95. The minimum Gasteiger partial charge on any atom is -0.508 e. The number of phenolic OH excluding ortho intramolecular Hbond substituents is 1. The van der Waals surface area contributed by atoms with Crippen molar-refractivity contribution in [1.82, 2.24) is 4.90 Å². The maximum Gasteiger partial charge on any atom is 0.264 e. The summed E-state index contributed by atoms with van der Waals surface area (Å²) in [6.45, 7) is 8.23. The molecule has 0 bridgehead atoms. The molecule has 20 heavy (non-hydrogen) atoms. The number of likely N-dealkylation sites (N-methyl/N-ethyl adjacent to an activating group) is 1. The normalized spacial score (nSPS) is 11.8. The third-order valence-electron chi connectivity index (χ3n) is 2.93. The highest BCUT2D eigenvalue weighted by Crippen LogP contribution is 2.18. The first-order chi connectivity index (χ1) is 9.29. The topological polar surface area (TPSA) is 64.3 Å². The lowest BCUT2D eigenvalue weighted by Crippen LogP contribution is -2.45. The summed E-state index contributed by atoms with van der Waals surface area (Å²) in [6, 6.07) is 8.32. The van der Waals surface area contributed by atoms with E-state index in [0.29, 0.717) is 12.1 Å². The van der Waals surface area contributed by atoms with Crippen LogP contribution in [0, 0.1) is 11.3 Å². The summed E-state index contributed by atoms with van der Waals surface area (Å²) in [5.74, 6) is -0.132. The number of nitriles is 1. The van der Waals surface area contributed by atoms with Crippen molar-refractivity contribution in [2.45, 2.75) is 33.2 Å². The Morgan fingerprint density at radius 3 is 2.30 bits per heavy atom. The summed E-state index contributed by atoms with van der Waals surface area (Å²) in [4.78, 5) is 14.1. The molecule has 1 aromatic carbocycles. The van der Waals surface area contributed by atoms with Gasteiger partial charge in [-0.2, -0.15) is 5.26 Å². The molecule has 4 heteroatoms. The van der Waals surface area contributed by atoms with E-state index in [-0.39, 0.29) is 22.8 Å². The van der Waals surface area contributed by atoms with Crippen LogP contribution in [-0.4, -0.2) is 28.0 Å². The van der Waals surface area contributed by atoms with E-state index < -0.39 is 0 Å². The van der Waals surface area contributed by atoms with Gasteiger partial charge < -0.3 is 10.0 Å². The molecule has 0 aliphatic rings. The zero-order chi connectivity index (χ0) is 15.3. The molecule has 0 saturated carbocycles. The minimum absolute atomic E-state index is 0.0902. The lowest BCUT2D eigenvalue weighted by Gasteiger charge is -2.34. The third-order valence-corrected chi connectivity index (χ3v) is 2.93. The molecule has 1 rings (SSSR count). The number of hydrogen-bond acceptors (Lipinski definition) is 3. The van der Waals surface area contributed by atoms with Crippen LogP contribution in [-0.2, 0) is 4.79 Å². The Balaban J connectivity index is 3.10. The van der Waals surface area contributed by atoms with Crippen molar-refractivity contribution in [2.24, 2.45) is 0 Å². The van der Waals surface area contributed by atoms with Crippen LogP contribution in [0.4, 0.5) is 0 Å². The van der Waals surface area contributed by atoms with Gasteiger partial charge in [0.15, 0.2) is 0 Å². The number of phenols is 1. The summed E-state index contributed by atoms with van der Waals surface area (Å²) >= 11 is 0. The minimum atomic E-state index is -0.337. The highest BCUT2D eigenvalue weighted by atomic mass is 16.3. The lowest BCUT2D eigenvalue weighted by molar-refractivity contribution is -0.130. The van der Waals surface area contributed by atoms with Crippen molar-refractivity contribution >= 4 is 12.0 Å². The molecule has 0 saturated heterocycles. The predicted octanol–water partition coefficient (Wildman–Crippen LogP) is 2.95. The zero-order valence-electron chi connectivity index (χ0n) is 12.3. The average molecular weight is 272 g/mol. The van der Waals surface area contributed by atoms with Crippen LogP contribution in [0.5, 0.6) is 5.75 Å². The quantitative estimate of drug-likeness (QED) is 0.679. The average Bonchev–Trinajstić information content (AvgIpc) is 2.37. The van der Waals surface area contributed by atoms with E-state index in [4.69, 9.17) is 0 Å². The Morgan fingerprint density at radius 2 is 1.90 bits per heavy atom. The van der Waals surface area contributed by atoms with Crippen molar-refractivity contribution < 1.29 is 9.90 Å². The van der Waals surface area contributed by atoms with Gasteiger partial charge in [0.2, 0.25) is 0 Å². The molecule has 1 aromatic rings. The van der Waals surface area contributed by atoms with Crippen LogP contribution < -0.4 is 0 Å². The van der Waals surface area contributed by atoms with Crippen LogP contribution in [0.15, 0.2) is 29.8 Å². The van der Waals surface area contributed by atoms with Crippen molar-refractivity contribution in [3.8, 4) is 11.8 Å². The highest BCUT2D eigenvalue weighted by molar-refractivity contribution is 6.02. The van der Waals surface area contributed by atoms with E-state index in [0.717, 1.165) is 0 Å². The van der Waals surface area contributed by atoms with Crippen molar-refractivity contribution in [1.29, 1.82) is 5.26 Å². The molecule has 0 aromatic heterocycles. The number of benzene rings is 1. The van der Waals surface area contributed by atoms with E-state index in [1.165, 1.54) is 18.2 Å². The van der Waals surface area contributed by atoms with Crippen LogP contribution in [0.25, 0.3) is 6.08 Å². The monoisotopic (exact) mass is 272 g/mol. The number of hydrogen-bond donors (Lipinski definition) is 1. The van der Waals surface area contributed by atoms with Gasteiger partial charge >= 0.3 is 0 Å². The van der Waals surface area contributed by atoms with Crippen LogP contribution in [0.2, 0.25) is 0 Å². The largest absolute Gasteiger partial charge is 0.508 e. The molecule has 1 N–H and O–H groups in total. The second kappa shape index (κ2) is 6.25. The fourth-order valence-corrected chi connectivity index (χ4v) is 1.95. The second-order valence-corrected chi connectivity index (χ2v) is 5.48. The zero-order valence-corrected chi connectivity index (χ0v) is 12.3. The Labute approximate surface area is 119 Å². The van der Waals surface area contributed by atoms with E-state index in [1.807, 2.05) is 33.8 Å². The van der Waals surface area contributed by atoms with Gasteiger partial charge in [-0.15, -0.1) is 0 Å². The Bertz CT molecular complexity index is 545. The highest BCUT2D eigenvalue weighted by Gasteiger charge is 2.27. The molecule has 106 valence electrons. The summed E-state index contributed by atoms with van der Waals surface area (Å²) in [5.41, 5.74) is 0.460. The van der Waals surface area contributed by atoms with Crippen LogP contribution in [0.1, 0.15) is 33.3 Å². The van der Waals surface area contributed by atoms with Gasteiger partial charge in [-0.25, -0.2) is 0 Å². The maximum atomic E-state index is 12.4. The first kappa shape index (κ1) is 15.8. The summed E-state index contributed by atoms with van der Waals surface area (Å²) < 4.78 is 0. The van der Waals surface area contributed by atoms with Gasteiger partial charge in [0.25, 0.3) is 5.91 Å². The van der Waals surface area contributed by atoms with Crippen molar-refractivity contribution in [2.75, 3.05) is 6.54 Å². The third kappa shape index (κ3) is 3.86. The molecular formula is C16H20N2O2. The molecule has 0 aliphatic heterocycles. The molecule has 0 radical (unpaired) electrons. The van der Waals surface area contributed by atoms with Crippen LogP contribution in [0.3, 0.4) is 0 Å². The second-order valence-electron chi connectivity index (χ2n) is 5.48. The van der Waals surface area contributed by atoms with Gasteiger partial charge in [0.1, 0.15) is 17.4 Å². The smallest absolute Gasteiger partial charge is 0.264 e. The van der Waals surface area contributed by atoms with E-state index in [1.54, 1.807) is 17.0 Å². The van der Waals surface area contributed by atoms with E-state index >= 15 is 0 Å². The molecule has 0 unspecified atom stereocenters. The Hall–Kier alpha value is -2.28. The molecular weight excluding hydrogens is 252 g/mol. The molecule has 0 fully saturated rings. The van der Waals surface area contributed by atoms with Gasteiger partial charge in [-0.3, -0.25) is 4.79 Å². The number of aromatic hydroxyl groups is 1. The van der Waals surface area contributed by atoms with Crippen molar-refractivity contribution in [3.05, 3.63) is 35.4 Å². The van der Waals surface area contributed by atoms with Gasteiger partial charge in [0, 0.05) is 12.1 Å². The molecule has 0 heterocycles. The molecule has 1 amide bonds. The number of nitrogens with zero attached hydrogens (tertiary/aromatic N) is 2. The van der Waals surface area contributed by atoms with Gasteiger partial charge in [-0.1, -0.05) is 12.1 Å². The van der Waals surface area contributed by atoms with E-state index in [2.05, 4.69) is 0 Å². The number of rotatable bonds is 3. The molecule has 0 spiro atoms. The summed E-state index contributed by atoms with van der Waals surface area (Å²) in [6.07, 6.45) is 1.54. The Kier molecular flexibility index (Phi) is 4.93. The standard InChI is InChI=1S/C16H20N2O2/c1-5-18(16(2,3)4)15(20)13(11-17)10-12-6-8-14(19)9-7-12/h6-10,19H,5H2,1-4H3/b13-10+. The Morgan fingerprint density at radius 1 is 1.35 bits per heavy atom. The number of carbonyl (C=O) groups is 1. The summed E-state index contributed by atoms with van der Waals surface area (Å²) in [7, 11) is 0. The molecule has 4 nitrogen and oxygen atoms in total. The van der Waals surface area contributed by atoms with Gasteiger partial charge in [-0.05, 0) is 51.5 Å². The first-order valence-corrected chi connectivity index (χ1v) is 6.52. The molecule has 0 atom stereocenters.